The van der Waals surface area contributed by atoms with Crippen molar-refractivity contribution < 1.29 is 4.79 Å². The average molecular weight is 417 g/mol. The first-order valence-corrected chi connectivity index (χ1v) is 9.77. The molecule has 0 aliphatic rings. The predicted molar refractivity (Wildman–Crippen MR) is 115 cm³/mol. The summed E-state index contributed by atoms with van der Waals surface area (Å²) in [7, 11) is 3.75. The number of amides is 1. The topological polar surface area (TPSA) is 115 Å². The average Bonchev–Trinajstić information content (AvgIpc) is 3.31. The Hall–Kier alpha value is -4.08. The van der Waals surface area contributed by atoms with E-state index in [1.54, 1.807) is 23.0 Å². The van der Waals surface area contributed by atoms with Crippen LogP contribution in [0.4, 0.5) is 5.69 Å². The number of hydrogen-bond donors (Lipinski definition) is 2. The Morgan fingerprint density at radius 1 is 1.10 bits per heavy atom. The number of carbonyl (C=O) groups excluding carboxylic acids is 1. The highest BCUT2D eigenvalue weighted by Gasteiger charge is 2.12. The fraction of sp³-hybridized carbons (Fsp3) is 0.238. The molecule has 158 valence electrons. The number of anilines is 1. The lowest BCUT2D eigenvalue weighted by atomic mass is 10.2. The molecule has 31 heavy (non-hydrogen) atoms. The summed E-state index contributed by atoms with van der Waals surface area (Å²) in [4.78, 5) is 20.7. The number of hydrogen-bond acceptors (Lipinski definition) is 7. The largest absolute Gasteiger partial charge is 0.378 e. The maximum atomic E-state index is 12.6. The van der Waals surface area contributed by atoms with Crippen LogP contribution in [0.3, 0.4) is 0 Å². The maximum Gasteiger partial charge on any atom is 0.251 e. The molecule has 0 bridgehead atoms. The number of carbonyl (C=O) groups is 1. The predicted octanol–water partition coefficient (Wildman–Crippen LogP) is 1.86. The first-order valence-electron chi connectivity index (χ1n) is 9.77. The van der Waals surface area contributed by atoms with E-state index in [1.807, 2.05) is 49.9 Å². The van der Waals surface area contributed by atoms with Crippen molar-refractivity contribution in [2.45, 2.75) is 20.0 Å². The van der Waals surface area contributed by atoms with Gasteiger partial charge in [-0.25, -0.2) is 9.97 Å². The molecule has 10 heteroatoms. The minimum Gasteiger partial charge on any atom is -0.378 e. The van der Waals surface area contributed by atoms with E-state index in [0.29, 0.717) is 30.2 Å². The van der Waals surface area contributed by atoms with Gasteiger partial charge in [-0.3, -0.25) is 9.48 Å². The van der Waals surface area contributed by atoms with Crippen LogP contribution in [-0.4, -0.2) is 40.4 Å². The summed E-state index contributed by atoms with van der Waals surface area (Å²) in [5.74, 6) is 1.26. The highest BCUT2D eigenvalue weighted by atomic mass is 16.1. The number of nitrogens with one attached hydrogen (secondary N) is 2. The molecule has 0 saturated heterocycles. The third-order valence-electron chi connectivity index (χ3n) is 4.88. The van der Waals surface area contributed by atoms with E-state index in [2.05, 4.69) is 35.9 Å². The Morgan fingerprint density at radius 3 is 2.71 bits per heavy atom. The molecular formula is C21H23N9O. The molecular weight excluding hydrogens is 394 g/mol. The fourth-order valence-electron chi connectivity index (χ4n) is 3.22. The minimum atomic E-state index is -0.146. The van der Waals surface area contributed by atoms with Crippen LogP contribution < -0.4 is 10.6 Å². The smallest absolute Gasteiger partial charge is 0.251 e. The molecule has 4 rings (SSSR count). The van der Waals surface area contributed by atoms with Crippen LogP contribution in [0.15, 0.2) is 48.9 Å². The summed E-state index contributed by atoms with van der Waals surface area (Å²) in [6.45, 7) is 2.79. The monoisotopic (exact) mass is 417 g/mol. The summed E-state index contributed by atoms with van der Waals surface area (Å²) in [6, 6.07) is 11.1. The van der Waals surface area contributed by atoms with Crippen molar-refractivity contribution in [2.75, 3.05) is 5.32 Å². The van der Waals surface area contributed by atoms with Gasteiger partial charge in [-0.2, -0.15) is 5.10 Å². The lowest BCUT2D eigenvalue weighted by Gasteiger charge is -2.09. The number of aromatic nitrogens is 7. The van der Waals surface area contributed by atoms with E-state index in [4.69, 9.17) is 0 Å². The SMILES string of the molecule is Cc1cc(CNC(=O)c2cccc(NCc3nnc(-c4ccncn4)n3C)c2)n(C)n1. The molecule has 3 aromatic heterocycles. The van der Waals surface area contributed by atoms with Gasteiger partial charge in [0.25, 0.3) is 5.91 Å². The van der Waals surface area contributed by atoms with Crippen LogP contribution in [0.5, 0.6) is 0 Å². The second-order valence-electron chi connectivity index (χ2n) is 7.11. The van der Waals surface area contributed by atoms with E-state index in [-0.39, 0.29) is 5.91 Å². The highest BCUT2D eigenvalue weighted by Crippen LogP contribution is 2.16. The standard InChI is InChI=1S/C21H23N9O/c1-14-9-17(30(3)28-14)11-24-21(31)15-5-4-6-16(10-15)23-12-19-26-27-20(29(19)2)18-7-8-22-13-25-18/h4-10,13,23H,11-12H2,1-3H3,(H,24,31). The quantitative estimate of drug-likeness (QED) is 0.471. The van der Waals surface area contributed by atoms with Crippen LogP contribution in [0.2, 0.25) is 0 Å². The molecule has 0 spiro atoms. The van der Waals surface area contributed by atoms with Gasteiger partial charge in [-0.15, -0.1) is 10.2 Å². The molecule has 10 nitrogen and oxygen atoms in total. The molecule has 2 N–H and O–H groups in total. The molecule has 0 unspecified atom stereocenters. The summed E-state index contributed by atoms with van der Waals surface area (Å²) < 4.78 is 3.64. The van der Waals surface area contributed by atoms with Gasteiger partial charge < -0.3 is 15.2 Å². The Labute approximate surface area is 179 Å². The molecule has 1 amide bonds. The van der Waals surface area contributed by atoms with Gasteiger partial charge in [-0.05, 0) is 37.3 Å². The van der Waals surface area contributed by atoms with Crippen molar-refractivity contribution in [3.63, 3.8) is 0 Å². The van der Waals surface area contributed by atoms with E-state index >= 15 is 0 Å². The van der Waals surface area contributed by atoms with Crippen molar-refractivity contribution in [3.8, 4) is 11.5 Å². The first kappa shape index (κ1) is 20.2. The molecule has 1 aromatic carbocycles. The van der Waals surface area contributed by atoms with Crippen LogP contribution in [0, 0.1) is 6.92 Å². The zero-order valence-electron chi connectivity index (χ0n) is 17.6. The van der Waals surface area contributed by atoms with Gasteiger partial charge in [0.05, 0.1) is 24.5 Å². The van der Waals surface area contributed by atoms with Gasteiger partial charge in [0.2, 0.25) is 0 Å². The zero-order chi connectivity index (χ0) is 21.8. The van der Waals surface area contributed by atoms with Crippen molar-refractivity contribution >= 4 is 11.6 Å². The number of aryl methyl sites for hydroxylation is 2. The second-order valence-corrected chi connectivity index (χ2v) is 7.11. The van der Waals surface area contributed by atoms with Crippen molar-refractivity contribution in [1.82, 2.24) is 39.8 Å². The Balaban J connectivity index is 1.39. The molecule has 0 atom stereocenters. The van der Waals surface area contributed by atoms with Crippen molar-refractivity contribution in [2.24, 2.45) is 14.1 Å². The second kappa shape index (κ2) is 8.74. The lowest BCUT2D eigenvalue weighted by Crippen LogP contribution is -2.24. The van der Waals surface area contributed by atoms with Gasteiger partial charge in [0.1, 0.15) is 12.0 Å². The first-order chi connectivity index (χ1) is 15.0. The normalized spacial score (nSPS) is 10.8. The molecule has 3 heterocycles. The van der Waals surface area contributed by atoms with Gasteiger partial charge >= 0.3 is 0 Å². The Kier molecular flexibility index (Phi) is 5.69. The number of benzene rings is 1. The molecule has 0 aliphatic heterocycles. The van der Waals surface area contributed by atoms with Crippen LogP contribution in [0.25, 0.3) is 11.5 Å². The molecule has 0 radical (unpaired) electrons. The van der Waals surface area contributed by atoms with Crippen LogP contribution >= 0.6 is 0 Å². The lowest BCUT2D eigenvalue weighted by molar-refractivity contribution is 0.0950. The molecule has 4 aromatic rings. The van der Waals surface area contributed by atoms with Gasteiger partial charge in [0.15, 0.2) is 11.6 Å². The van der Waals surface area contributed by atoms with E-state index in [1.165, 1.54) is 6.33 Å². The van der Waals surface area contributed by atoms with Crippen LogP contribution in [-0.2, 0) is 27.2 Å². The fourth-order valence-corrected chi connectivity index (χ4v) is 3.22. The minimum absolute atomic E-state index is 0.146. The van der Waals surface area contributed by atoms with E-state index < -0.39 is 0 Å². The Bertz CT molecular complexity index is 1200. The van der Waals surface area contributed by atoms with E-state index in [9.17, 15) is 4.79 Å². The molecule has 0 fully saturated rings. The van der Waals surface area contributed by atoms with E-state index in [0.717, 1.165) is 22.9 Å². The Morgan fingerprint density at radius 2 is 1.97 bits per heavy atom. The highest BCUT2D eigenvalue weighted by molar-refractivity contribution is 5.95. The van der Waals surface area contributed by atoms with Crippen LogP contribution in [0.1, 0.15) is 27.6 Å². The summed E-state index contributed by atoms with van der Waals surface area (Å²) >= 11 is 0. The summed E-state index contributed by atoms with van der Waals surface area (Å²) in [6.07, 6.45) is 3.15. The zero-order valence-corrected chi connectivity index (χ0v) is 17.6. The molecule has 0 aliphatic carbocycles. The van der Waals surface area contributed by atoms with Crippen molar-refractivity contribution in [3.05, 3.63) is 71.7 Å². The third kappa shape index (κ3) is 4.58. The number of rotatable bonds is 7. The van der Waals surface area contributed by atoms with Gasteiger partial charge in [0, 0.05) is 31.5 Å². The maximum absolute atomic E-state index is 12.6. The summed E-state index contributed by atoms with van der Waals surface area (Å²) in [5, 5.41) is 19.0. The van der Waals surface area contributed by atoms with Crippen molar-refractivity contribution in [1.29, 1.82) is 0 Å². The summed E-state index contributed by atoms with van der Waals surface area (Å²) in [5.41, 5.74) is 3.96. The van der Waals surface area contributed by atoms with Gasteiger partial charge in [-0.1, -0.05) is 6.07 Å². The third-order valence-corrected chi connectivity index (χ3v) is 4.88. The molecule has 0 saturated carbocycles. The number of nitrogens with zero attached hydrogens (tertiary/aromatic N) is 7.